The average molecular weight is 397 g/mol. The lowest BCUT2D eigenvalue weighted by atomic mass is 10.1. The number of nitrogens with zero attached hydrogens (tertiary/aromatic N) is 2. The Morgan fingerprint density at radius 3 is 2.59 bits per heavy atom. The number of halogens is 1. The number of rotatable bonds is 6. The van der Waals surface area contributed by atoms with Crippen LogP contribution in [0.2, 0.25) is 0 Å². The van der Waals surface area contributed by atoms with Gasteiger partial charge in [0.1, 0.15) is 5.82 Å². The molecule has 0 atom stereocenters. The third kappa shape index (κ3) is 6.39. The minimum absolute atomic E-state index is 0.0226. The first-order chi connectivity index (χ1) is 14.0. The second kappa shape index (κ2) is 10.2. The third-order valence-corrected chi connectivity index (χ3v) is 5.16. The van der Waals surface area contributed by atoms with E-state index in [0.29, 0.717) is 39.1 Å². The van der Waals surface area contributed by atoms with Gasteiger partial charge in [0.15, 0.2) is 0 Å². The van der Waals surface area contributed by atoms with Crippen molar-refractivity contribution in [3.05, 3.63) is 71.0 Å². The van der Waals surface area contributed by atoms with E-state index in [1.54, 1.807) is 12.1 Å². The topological polar surface area (TPSA) is 52.7 Å². The summed E-state index contributed by atoms with van der Waals surface area (Å²) in [5.41, 5.74) is 2.79. The van der Waals surface area contributed by atoms with Crippen molar-refractivity contribution in [2.45, 2.75) is 19.8 Å². The van der Waals surface area contributed by atoms with Crippen molar-refractivity contribution in [3.8, 4) is 0 Å². The van der Waals surface area contributed by atoms with Gasteiger partial charge >= 0.3 is 0 Å². The molecule has 0 radical (unpaired) electrons. The molecule has 1 aliphatic heterocycles. The number of carbonyl (C=O) groups excluding carboxylic acids is 2. The number of carbonyl (C=O) groups is 2. The van der Waals surface area contributed by atoms with Crippen molar-refractivity contribution < 1.29 is 14.0 Å². The van der Waals surface area contributed by atoms with E-state index < -0.39 is 0 Å². The van der Waals surface area contributed by atoms with E-state index in [9.17, 15) is 14.0 Å². The van der Waals surface area contributed by atoms with Crippen molar-refractivity contribution >= 4 is 11.8 Å². The first kappa shape index (κ1) is 21.0. The molecule has 2 amide bonds. The third-order valence-electron chi connectivity index (χ3n) is 5.16. The number of nitrogens with one attached hydrogen (secondary N) is 1. The first-order valence-corrected chi connectivity index (χ1v) is 10.1. The lowest BCUT2D eigenvalue weighted by Gasteiger charge is -2.22. The second-order valence-corrected chi connectivity index (χ2v) is 7.52. The lowest BCUT2D eigenvalue weighted by molar-refractivity contribution is -0.122. The van der Waals surface area contributed by atoms with Crippen molar-refractivity contribution in [2.75, 3.05) is 39.3 Å². The van der Waals surface area contributed by atoms with Crippen LogP contribution >= 0.6 is 0 Å². The largest absolute Gasteiger partial charge is 0.355 e. The minimum Gasteiger partial charge on any atom is -0.355 e. The number of aryl methyl sites for hydroxylation is 1. The Hall–Kier alpha value is -2.73. The van der Waals surface area contributed by atoms with Crippen LogP contribution in [0.3, 0.4) is 0 Å². The standard InChI is InChI=1S/C23H28FN3O2/c1-18-4-2-5-20(16-18)23(29)27-13-3-12-26(14-15-27)17-22(28)25-11-10-19-6-8-21(24)9-7-19/h2,4-9,16H,3,10-15,17H2,1H3,(H,25,28). The van der Waals surface area contributed by atoms with Crippen molar-refractivity contribution in [1.29, 1.82) is 0 Å². The van der Waals surface area contributed by atoms with Crippen LogP contribution in [0.5, 0.6) is 0 Å². The van der Waals surface area contributed by atoms with Gasteiger partial charge in [0, 0.05) is 38.3 Å². The predicted molar refractivity (Wildman–Crippen MR) is 111 cm³/mol. The quantitative estimate of drug-likeness (QED) is 0.815. The van der Waals surface area contributed by atoms with Crippen LogP contribution in [-0.4, -0.2) is 60.9 Å². The number of benzene rings is 2. The molecule has 1 heterocycles. The lowest BCUT2D eigenvalue weighted by Crippen LogP contribution is -2.40. The smallest absolute Gasteiger partial charge is 0.253 e. The molecule has 3 rings (SSSR count). The molecule has 1 aliphatic rings. The van der Waals surface area contributed by atoms with Crippen LogP contribution in [0.1, 0.15) is 27.9 Å². The van der Waals surface area contributed by atoms with Gasteiger partial charge in [-0.1, -0.05) is 29.8 Å². The van der Waals surface area contributed by atoms with Crippen LogP contribution in [0.25, 0.3) is 0 Å². The van der Waals surface area contributed by atoms with Crippen LogP contribution < -0.4 is 5.32 Å². The van der Waals surface area contributed by atoms with Crippen LogP contribution in [0, 0.1) is 12.7 Å². The summed E-state index contributed by atoms with van der Waals surface area (Å²) in [6.07, 6.45) is 1.52. The Labute approximate surface area is 171 Å². The molecule has 0 aromatic heterocycles. The summed E-state index contributed by atoms with van der Waals surface area (Å²) < 4.78 is 12.9. The molecule has 2 aromatic carbocycles. The zero-order valence-electron chi connectivity index (χ0n) is 16.9. The summed E-state index contributed by atoms with van der Waals surface area (Å²) >= 11 is 0. The molecule has 2 aromatic rings. The maximum absolute atomic E-state index is 12.9. The van der Waals surface area contributed by atoms with Crippen molar-refractivity contribution in [3.63, 3.8) is 0 Å². The summed E-state index contributed by atoms with van der Waals surface area (Å²) in [6, 6.07) is 14.0. The number of hydrogen-bond donors (Lipinski definition) is 1. The molecule has 0 unspecified atom stereocenters. The molecular weight excluding hydrogens is 369 g/mol. The van der Waals surface area contributed by atoms with E-state index in [-0.39, 0.29) is 17.6 Å². The maximum Gasteiger partial charge on any atom is 0.253 e. The maximum atomic E-state index is 12.9. The van der Waals surface area contributed by atoms with Crippen LogP contribution in [-0.2, 0) is 11.2 Å². The van der Waals surface area contributed by atoms with Gasteiger partial charge in [-0.15, -0.1) is 0 Å². The fourth-order valence-corrected chi connectivity index (χ4v) is 3.55. The molecule has 1 N–H and O–H groups in total. The van der Waals surface area contributed by atoms with E-state index in [4.69, 9.17) is 0 Å². The molecule has 29 heavy (non-hydrogen) atoms. The van der Waals surface area contributed by atoms with Gasteiger partial charge in [-0.05, 0) is 49.6 Å². The number of hydrogen-bond acceptors (Lipinski definition) is 3. The molecule has 0 spiro atoms. The SMILES string of the molecule is Cc1cccc(C(=O)N2CCCN(CC(=O)NCCc3ccc(F)cc3)CC2)c1. The Bertz CT molecular complexity index is 838. The highest BCUT2D eigenvalue weighted by molar-refractivity contribution is 5.94. The fraction of sp³-hybridized carbons (Fsp3) is 0.391. The van der Waals surface area contributed by atoms with E-state index in [1.807, 2.05) is 36.1 Å². The van der Waals surface area contributed by atoms with E-state index >= 15 is 0 Å². The Morgan fingerprint density at radius 2 is 1.83 bits per heavy atom. The van der Waals surface area contributed by atoms with Gasteiger partial charge in [0.05, 0.1) is 6.54 Å². The summed E-state index contributed by atoms with van der Waals surface area (Å²) in [5.74, 6) is -0.223. The van der Waals surface area contributed by atoms with E-state index in [1.165, 1.54) is 12.1 Å². The monoisotopic (exact) mass is 397 g/mol. The highest BCUT2D eigenvalue weighted by Gasteiger charge is 2.21. The minimum atomic E-state index is -0.256. The summed E-state index contributed by atoms with van der Waals surface area (Å²) in [5, 5.41) is 2.92. The van der Waals surface area contributed by atoms with Gasteiger partial charge in [-0.3, -0.25) is 14.5 Å². The fourth-order valence-electron chi connectivity index (χ4n) is 3.55. The van der Waals surface area contributed by atoms with Crippen molar-refractivity contribution in [1.82, 2.24) is 15.1 Å². The normalized spacial score (nSPS) is 15.0. The Morgan fingerprint density at radius 1 is 1.03 bits per heavy atom. The van der Waals surface area contributed by atoms with E-state index in [2.05, 4.69) is 10.2 Å². The Balaban J connectivity index is 1.42. The highest BCUT2D eigenvalue weighted by Crippen LogP contribution is 2.11. The molecule has 1 saturated heterocycles. The molecule has 1 fully saturated rings. The van der Waals surface area contributed by atoms with Gasteiger partial charge in [0.2, 0.25) is 5.91 Å². The Kier molecular flexibility index (Phi) is 7.36. The zero-order valence-corrected chi connectivity index (χ0v) is 16.9. The molecule has 0 saturated carbocycles. The van der Waals surface area contributed by atoms with Crippen LogP contribution in [0.4, 0.5) is 4.39 Å². The average Bonchev–Trinajstić information content (AvgIpc) is 2.94. The highest BCUT2D eigenvalue weighted by atomic mass is 19.1. The second-order valence-electron chi connectivity index (χ2n) is 7.52. The van der Waals surface area contributed by atoms with Gasteiger partial charge < -0.3 is 10.2 Å². The summed E-state index contributed by atoms with van der Waals surface area (Å²) in [6.45, 7) is 5.64. The number of amides is 2. The molecule has 0 bridgehead atoms. The zero-order chi connectivity index (χ0) is 20.6. The van der Waals surface area contributed by atoms with Gasteiger partial charge in [-0.25, -0.2) is 4.39 Å². The van der Waals surface area contributed by atoms with Gasteiger partial charge in [0.25, 0.3) is 5.91 Å². The first-order valence-electron chi connectivity index (χ1n) is 10.1. The molecule has 154 valence electrons. The molecule has 5 nitrogen and oxygen atoms in total. The molecular formula is C23H28FN3O2. The van der Waals surface area contributed by atoms with E-state index in [0.717, 1.165) is 29.7 Å². The summed E-state index contributed by atoms with van der Waals surface area (Å²) in [7, 11) is 0. The molecule has 0 aliphatic carbocycles. The van der Waals surface area contributed by atoms with Crippen molar-refractivity contribution in [2.24, 2.45) is 0 Å². The van der Waals surface area contributed by atoms with Gasteiger partial charge in [-0.2, -0.15) is 0 Å². The predicted octanol–water partition coefficient (Wildman–Crippen LogP) is 2.64. The summed E-state index contributed by atoms with van der Waals surface area (Å²) in [4.78, 5) is 29.0. The van der Waals surface area contributed by atoms with Crippen LogP contribution in [0.15, 0.2) is 48.5 Å². The molecule has 6 heteroatoms.